The second-order valence-corrected chi connectivity index (χ2v) is 3.87. The van der Waals surface area contributed by atoms with Crippen molar-refractivity contribution in [3.63, 3.8) is 0 Å². The highest BCUT2D eigenvalue weighted by molar-refractivity contribution is 5.91. The minimum absolute atomic E-state index is 0.114. The lowest BCUT2D eigenvalue weighted by molar-refractivity contribution is -0.144. The van der Waals surface area contributed by atoms with E-state index in [1.165, 1.54) is 0 Å². The van der Waals surface area contributed by atoms with Crippen molar-refractivity contribution in [1.29, 1.82) is 0 Å². The Balaban J connectivity index is 2.50. The van der Waals surface area contributed by atoms with Crippen LogP contribution in [0.2, 0.25) is 0 Å². The molecular formula is C8H9F3N4O. The van der Waals surface area contributed by atoms with Gasteiger partial charge in [0.1, 0.15) is 0 Å². The first-order valence-electron chi connectivity index (χ1n) is 4.64. The average Bonchev–Trinajstić information content (AvgIpc) is 2.70. The van der Waals surface area contributed by atoms with Gasteiger partial charge in [-0.05, 0) is 12.3 Å². The van der Waals surface area contributed by atoms with Crippen LogP contribution in [0.1, 0.15) is 35.6 Å². The van der Waals surface area contributed by atoms with E-state index in [-0.39, 0.29) is 12.0 Å². The molecule has 5 nitrogen and oxygen atoms in total. The molecular weight excluding hydrogens is 225 g/mol. The summed E-state index contributed by atoms with van der Waals surface area (Å²) < 4.78 is 38.9. The predicted molar refractivity (Wildman–Crippen MR) is 46.4 cm³/mol. The number of hydrogen-bond acceptors (Lipinski definition) is 3. The zero-order valence-electron chi connectivity index (χ0n) is 8.32. The quantitative estimate of drug-likeness (QED) is 0.828. The topological polar surface area (TPSA) is 73.8 Å². The smallest absolute Gasteiger partial charge is 0.364 e. The summed E-state index contributed by atoms with van der Waals surface area (Å²) in [5.41, 5.74) is 2.87. The van der Waals surface area contributed by atoms with Crippen LogP contribution in [0.25, 0.3) is 0 Å². The number of amides is 1. The van der Waals surface area contributed by atoms with Crippen molar-refractivity contribution in [2.75, 3.05) is 0 Å². The van der Waals surface area contributed by atoms with Gasteiger partial charge in [-0.2, -0.15) is 13.2 Å². The van der Waals surface area contributed by atoms with Gasteiger partial charge >= 0.3 is 6.18 Å². The summed E-state index contributed by atoms with van der Waals surface area (Å²) in [4.78, 5) is 10.8. The van der Waals surface area contributed by atoms with Gasteiger partial charge in [-0.25, -0.2) is 4.68 Å². The van der Waals surface area contributed by atoms with Gasteiger partial charge in [0.15, 0.2) is 11.4 Å². The first-order valence-corrected chi connectivity index (χ1v) is 4.64. The molecule has 0 spiro atoms. The molecule has 1 aromatic rings. The van der Waals surface area contributed by atoms with Crippen LogP contribution >= 0.6 is 0 Å². The Labute approximate surface area is 88.4 Å². The molecule has 1 amide bonds. The summed E-state index contributed by atoms with van der Waals surface area (Å²) >= 11 is 0. The molecule has 0 radical (unpaired) electrons. The number of aromatic nitrogens is 3. The molecule has 1 aromatic heterocycles. The summed E-state index contributed by atoms with van der Waals surface area (Å²) in [6, 6.07) is -0.336. The van der Waals surface area contributed by atoms with Crippen molar-refractivity contribution in [2.24, 2.45) is 11.7 Å². The minimum atomic E-state index is -4.67. The van der Waals surface area contributed by atoms with E-state index in [1.807, 2.05) is 0 Å². The first-order chi connectivity index (χ1) is 7.32. The Morgan fingerprint density at radius 2 is 2.12 bits per heavy atom. The molecule has 1 fully saturated rings. The van der Waals surface area contributed by atoms with Crippen molar-refractivity contribution >= 4 is 5.91 Å². The fraction of sp³-hybridized carbons (Fsp3) is 0.625. The summed E-state index contributed by atoms with van der Waals surface area (Å²) in [7, 11) is 0. The zero-order chi connectivity index (χ0) is 12.1. The predicted octanol–water partition coefficient (Wildman–Crippen LogP) is 0.977. The van der Waals surface area contributed by atoms with E-state index >= 15 is 0 Å². The molecule has 2 atom stereocenters. The monoisotopic (exact) mass is 234 g/mol. The maximum absolute atomic E-state index is 12.7. The number of nitrogens with two attached hydrogens (primary N) is 1. The number of hydrogen-bond donors (Lipinski definition) is 1. The zero-order valence-corrected chi connectivity index (χ0v) is 8.32. The third kappa shape index (κ3) is 1.63. The Kier molecular flexibility index (Phi) is 2.18. The van der Waals surface area contributed by atoms with Crippen LogP contribution in [-0.2, 0) is 6.18 Å². The third-order valence-electron chi connectivity index (χ3n) is 2.58. The Morgan fingerprint density at radius 3 is 2.50 bits per heavy atom. The normalized spacial score (nSPS) is 24.5. The van der Waals surface area contributed by atoms with Crippen molar-refractivity contribution in [1.82, 2.24) is 15.0 Å². The fourth-order valence-electron chi connectivity index (χ4n) is 1.60. The molecule has 8 heteroatoms. The van der Waals surface area contributed by atoms with Crippen LogP contribution in [0, 0.1) is 5.92 Å². The molecule has 1 heterocycles. The van der Waals surface area contributed by atoms with E-state index in [4.69, 9.17) is 5.73 Å². The molecule has 16 heavy (non-hydrogen) atoms. The molecule has 2 unspecified atom stereocenters. The van der Waals surface area contributed by atoms with E-state index in [0.29, 0.717) is 6.42 Å². The largest absolute Gasteiger partial charge is 0.435 e. The van der Waals surface area contributed by atoms with Gasteiger partial charge in [0.05, 0.1) is 6.04 Å². The maximum atomic E-state index is 12.7. The molecule has 1 aliphatic rings. The summed E-state index contributed by atoms with van der Waals surface area (Å²) in [6.45, 7) is 1.80. The van der Waals surface area contributed by atoms with Crippen LogP contribution in [0.5, 0.6) is 0 Å². The van der Waals surface area contributed by atoms with Crippen LogP contribution in [0.4, 0.5) is 13.2 Å². The Hall–Kier alpha value is -1.60. The maximum Gasteiger partial charge on any atom is 0.435 e. The van der Waals surface area contributed by atoms with Gasteiger partial charge in [-0.3, -0.25) is 4.79 Å². The standard InChI is InChI=1S/C8H9F3N4O/c1-3-2-4(3)15-6(8(9,10)11)5(7(12)16)13-14-15/h3-4H,2H2,1H3,(H2,12,16). The number of carbonyl (C=O) groups excluding carboxylic acids is 1. The van der Waals surface area contributed by atoms with Gasteiger partial charge in [-0.15, -0.1) is 5.10 Å². The molecule has 1 saturated carbocycles. The highest BCUT2D eigenvalue weighted by atomic mass is 19.4. The van der Waals surface area contributed by atoms with E-state index < -0.39 is 23.5 Å². The highest BCUT2D eigenvalue weighted by Crippen LogP contribution is 2.45. The molecule has 2 N–H and O–H groups in total. The van der Waals surface area contributed by atoms with E-state index in [2.05, 4.69) is 10.3 Å². The second-order valence-electron chi connectivity index (χ2n) is 3.87. The van der Waals surface area contributed by atoms with Gasteiger partial charge in [0.2, 0.25) is 0 Å². The number of alkyl halides is 3. The van der Waals surface area contributed by atoms with Gasteiger partial charge in [0.25, 0.3) is 5.91 Å². The summed E-state index contributed by atoms with van der Waals surface area (Å²) in [5.74, 6) is -1.10. The van der Waals surface area contributed by atoms with Crippen molar-refractivity contribution in [3.8, 4) is 0 Å². The Morgan fingerprint density at radius 1 is 1.56 bits per heavy atom. The van der Waals surface area contributed by atoms with Crippen molar-refractivity contribution < 1.29 is 18.0 Å². The fourth-order valence-corrected chi connectivity index (χ4v) is 1.60. The number of halogens is 3. The Bertz CT molecular complexity index is 439. The molecule has 88 valence electrons. The van der Waals surface area contributed by atoms with Crippen LogP contribution in [0.15, 0.2) is 0 Å². The molecule has 0 aromatic carbocycles. The number of nitrogens with zero attached hydrogens (tertiary/aromatic N) is 3. The van der Waals surface area contributed by atoms with E-state index in [9.17, 15) is 18.0 Å². The van der Waals surface area contributed by atoms with Crippen molar-refractivity contribution in [3.05, 3.63) is 11.4 Å². The molecule has 0 saturated heterocycles. The lowest BCUT2D eigenvalue weighted by Crippen LogP contribution is -2.21. The number of carbonyl (C=O) groups is 1. The average molecular weight is 234 g/mol. The van der Waals surface area contributed by atoms with Crippen molar-refractivity contribution in [2.45, 2.75) is 25.6 Å². The van der Waals surface area contributed by atoms with Crippen LogP contribution < -0.4 is 5.73 Å². The minimum Gasteiger partial charge on any atom is -0.364 e. The van der Waals surface area contributed by atoms with E-state index in [0.717, 1.165) is 4.68 Å². The van der Waals surface area contributed by atoms with Crippen LogP contribution in [0.3, 0.4) is 0 Å². The van der Waals surface area contributed by atoms with Crippen LogP contribution in [-0.4, -0.2) is 20.9 Å². The number of primary amides is 1. The lowest BCUT2D eigenvalue weighted by atomic mass is 10.3. The molecule has 0 aliphatic heterocycles. The SMILES string of the molecule is CC1CC1n1nnc(C(N)=O)c1C(F)(F)F. The summed E-state index contributed by atoms with van der Waals surface area (Å²) in [6.07, 6.45) is -4.07. The van der Waals surface area contributed by atoms with Gasteiger partial charge < -0.3 is 5.73 Å². The number of rotatable bonds is 2. The van der Waals surface area contributed by atoms with Gasteiger partial charge in [0, 0.05) is 0 Å². The lowest BCUT2D eigenvalue weighted by Gasteiger charge is -2.09. The molecule has 2 rings (SSSR count). The third-order valence-corrected chi connectivity index (χ3v) is 2.58. The highest BCUT2D eigenvalue weighted by Gasteiger charge is 2.46. The van der Waals surface area contributed by atoms with E-state index in [1.54, 1.807) is 6.92 Å². The molecule has 1 aliphatic carbocycles. The summed E-state index contributed by atoms with van der Waals surface area (Å²) in [5, 5.41) is 6.56. The van der Waals surface area contributed by atoms with Gasteiger partial charge in [-0.1, -0.05) is 12.1 Å². The molecule has 0 bridgehead atoms. The first kappa shape index (κ1) is 10.9. The second kappa shape index (κ2) is 3.19.